The van der Waals surface area contributed by atoms with Crippen molar-refractivity contribution in [2.24, 2.45) is 11.1 Å². The number of nitriles is 1. The lowest BCUT2D eigenvalue weighted by Crippen LogP contribution is -2.33. The maximum absolute atomic E-state index is 13.3. The van der Waals surface area contributed by atoms with Gasteiger partial charge in [-0.25, -0.2) is 0 Å². The van der Waals surface area contributed by atoms with Crippen LogP contribution in [0.15, 0.2) is 63.7 Å². The highest BCUT2D eigenvalue weighted by Crippen LogP contribution is 2.49. The van der Waals surface area contributed by atoms with Gasteiger partial charge in [0.1, 0.15) is 23.2 Å². The van der Waals surface area contributed by atoms with Crippen LogP contribution in [0.2, 0.25) is 5.02 Å². The number of allylic oxidation sites excluding steroid dienone is 3. The Morgan fingerprint density at radius 1 is 1.31 bits per heavy atom. The number of hydrogen-bond donors (Lipinski definition) is 2. The van der Waals surface area contributed by atoms with Crippen molar-refractivity contribution in [3.8, 4) is 11.8 Å². The van der Waals surface area contributed by atoms with Crippen molar-refractivity contribution in [2.75, 3.05) is 11.9 Å². The first kappa shape index (κ1) is 25.8. The van der Waals surface area contributed by atoms with E-state index in [2.05, 4.69) is 27.3 Å². The van der Waals surface area contributed by atoms with Crippen LogP contribution in [0.1, 0.15) is 43.7 Å². The van der Waals surface area contributed by atoms with E-state index in [1.807, 2.05) is 26.8 Å². The summed E-state index contributed by atoms with van der Waals surface area (Å²) in [5.74, 6) is -0.474. The van der Waals surface area contributed by atoms with E-state index in [9.17, 15) is 14.9 Å². The summed E-state index contributed by atoms with van der Waals surface area (Å²) < 4.78 is 12.4. The molecule has 1 heterocycles. The predicted octanol–water partition coefficient (Wildman–Crippen LogP) is 5.88. The molecular weight excluding hydrogens is 546 g/mol. The minimum atomic E-state index is -0.770. The summed E-state index contributed by atoms with van der Waals surface area (Å²) in [5.41, 5.74) is 8.37. The molecule has 2 aromatic carbocycles. The molecule has 36 heavy (non-hydrogen) atoms. The van der Waals surface area contributed by atoms with Gasteiger partial charge in [0.25, 0.3) is 5.91 Å². The van der Waals surface area contributed by atoms with Crippen molar-refractivity contribution in [3.05, 3.63) is 79.8 Å². The molecule has 1 aliphatic carbocycles. The number of Topliss-reactive ketones (excluding diaryl/α,β-unsaturated/α-hetero) is 1. The molecule has 7 nitrogen and oxygen atoms in total. The Bertz CT molecular complexity index is 1370. The first-order valence-corrected chi connectivity index (χ1v) is 12.5. The third-order valence-electron chi connectivity index (χ3n) is 6.17. The Kier molecular flexibility index (Phi) is 7.17. The number of carbonyl (C=O) groups is 2. The lowest BCUT2D eigenvalue weighted by molar-refractivity contribution is -0.119. The van der Waals surface area contributed by atoms with Crippen LogP contribution in [0.3, 0.4) is 0 Å². The molecule has 9 heteroatoms. The fraction of sp³-hybridized carbons (Fsp3) is 0.296. The number of aryl methyl sites for hydroxylation is 1. The Balaban J connectivity index is 1.66. The molecule has 0 spiro atoms. The third-order valence-corrected chi connectivity index (χ3v) is 7.07. The molecule has 1 unspecified atom stereocenters. The molecule has 186 valence electrons. The fourth-order valence-corrected chi connectivity index (χ4v) is 5.04. The topological polar surface area (TPSA) is 114 Å². The predicted molar refractivity (Wildman–Crippen MR) is 140 cm³/mol. The van der Waals surface area contributed by atoms with Gasteiger partial charge < -0.3 is 20.5 Å². The minimum absolute atomic E-state index is 0.0355. The summed E-state index contributed by atoms with van der Waals surface area (Å²) in [6.07, 6.45) is 0.825. The van der Waals surface area contributed by atoms with E-state index < -0.39 is 5.92 Å². The lowest BCUT2D eigenvalue weighted by Gasteiger charge is -2.37. The van der Waals surface area contributed by atoms with Gasteiger partial charge in [0.05, 0.1) is 5.92 Å². The largest absolute Gasteiger partial charge is 0.483 e. The second kappa shape index (κ2) is 10.00. The van der Waals surface area contributed by atoms with Crippen molar-refractivity contribution in [1.29, 1.82) is 5.26 Å². The van der Waals surface area contributed by atoms with E-state index >= 15 is 0 Å². The van der Waals surface area contributed by atoms with Crippen molar-refractivity contribution >= 4 is 44.9 Å². The molecule has 0 saturated carbocycles. The number of nitrogens with one attached hydrogen (secondary N) is 1. The van der Waals surface area contributed by atoms with Gasteiger partial charge in [-0.2, -0.15) is 5.26 Å². The van der Waals surface area contributed by atoms with Gasteiger partial charge in [-0.15, -0.1) is 0 Å². The summed E-state index contributed by atoms with van der Waals surface area (Å²) in [6.45, 7) is 5.55. The molecular formula is C27H25BrClN3O4. The van der Waals surface area contributed by atoms with E-state index in [1.165, 1.54) is 0 Å². The zero-order chi connectivity index (χ0) is 26.2. The van der Waals surface area contributed by atoms with Crippen LogP contribution in [-0.4, -0.2) is 18.3 Å². The number of hydrogen-bond acceptors (Lipinski definition) is 6. The first-order chi connectivity index (χ1) is 17.0. The van der Waals surface area contributed by atoms with Crippen molar-refractivity contribution < 1.29 is 19.1 Å². The molecule has 1 aliphatic heterocycles. The number of amides is 1. The fourth-order valence-electron chi connectivity index (χ4n) is 4.48. The lowest BCUT2D eigenvalue weighted by atomic mass is 9.70. The first-order valence-electron chi connectivity index (χ1n) is 11.3. The highest BCUT2D eigenvalue weighted by molar-refractivity contribution is 9.10. The average Bonchev–Trinajstić information content (AvgIpc) is 2.79. The van der Waals surface area contributed by atoms with Gasteiger partial charge in [0.15, 0.2) is 12.4 Å². The number of anilines is 1. The van der Waals surface area contributed by atoms with Gasteiger partial charge in [0, 0.05) is 39.2 Å². The van der Waals surface area contributed by atoms with Gasteiger partial charge in [0.2, 0.25) is 5.88 Å². The van der Waals surface area contributed by atoms with Crippen molar-refractivity contribution in [1.82, 2.24) is 0 Å². The summed E-state index contributed by atoms with van der Waals surface area (Å²) >= 11 is 9.61. The Morgan fingerprint density at radius 2 is 2.06 bits per heavy atom. The second-order valence-corrected chi connectivity index (χ2v) is 11.0. The normalized spacial score (nSPS) is 18.8. The third kappa shape index (κ3) is 5.28. The molecule has 1 atom stereocenters. The quantitative estimate of drug-likeness (QED) is 0.464. The van der Waals surface area contributed by atoms with Crippen molar-refractivity contribution in [3.63, 3.8) is 0 Å². The van der Waals surface area contributed by atoms with Gasteiger partial charge in [-0.05, 0) is 48.2 Å². The number of halogens is 2. The Morgan fingerprint density at radius 3 is 2.75 bits per heavy atom. The molecule has 0 fully saturated rings. The summed E-state index contributed by atoms with van der Waals surface area (Å²) in [6, 6.07) is 12.6. The van der Waals surface area contributed by atoms with Gasteiger partial charge in [-0.1, -0.05) is 47.4 Å². The smallest absolute Gasteiger partial charge is 0.262 e. The van der Waals surface area contributed by atoms with E-state index in [0.717, 1.165) is 10.0 Å². The molecule has 4 rings (SSSR count). The highest BCUT2D eigenvalue weighted by atomic mass is 79.9. The minimum Gasteiger partial charge on any atom is -0.483 e. The number of ether oxygens (including phenoxy) is 2. The van der Waals surface area contributed by atoms with Crippen molar-refractivity contribution in [2.45, 2.75) is 39.5 Å². The maximum Gasteiger partial charge on any atom is 0.262 e. The van der Waals surface area contributed by atoms with Crippen LogP contribution in [0.5, 0.6) is 5.75 Å². The Hall–Kier alpha value is -3.28. The van der Waals surface area contributed by atoms with Crippen LogP contribution in [0.25, 0.3) is 0 Å². The molecule has 0 radical (unpaired) electrons. The van der Waals surface area contributed by atoms with Gasteiger partial charge in [-0.3, -0.25) is 9.59 Å². The molecule has 2 aromatic rings. The number of rotatable bonds is 5. The Labute approximate surface area is 223 Å². The van der Waals surface area contributed by atoms with Crippen LogP contribution in [0, 0.1) is 23.7 Å². The van der Waals surface area contributed by atoms with E-state index in [4.69, 9.17) is 26.8 Å². The number of nitrogens with zero attached hydrogens (tertiary/aromatic N) is 1. The van der Waals surface area contributed by atoms with Gasteiger partial charge >= 0.3 is 0 Å². The molecule has 0 saturated heterocycles. The summed E-state index contributed by atoms with van der Waals surface area (Å²) in [7, 11) is 0. The number of benzene rings is 2. The number of ketones is 1. The van der Waals surface area contributed by atoms with Crippen LogP contribution in [-0.2, 0) is 14.3 Å². The number of nitrogens with two attached hydrogens (primary N) is 1. The summed E-state index contributed by atoms with van der Waals surface area (Å²) in [4.78, 5) is 25.9. The average molecular weight is 571 g/mol. The molecule has 0 bridgehead atoms. The zero-order valence-corrected chi connectivity index (χ0v) is 22.4. The van der Waals surface area contributed by atoms with E-state index in [1.54, 1.807) is 30.3 Å². The van der Waals surface area contributed by atoms with Crippen LogP contribution >= 0.6 is 27.5 Å². The second-order valence-electron chi connectivity index (χ2n) is 9.69. The SMILES string of the molecule is Cc1ccc(NC(=O)COc2ccc(Br)cc2C2C(C#N)=C(N)OC3=C2C(=O)CC(C)(C)C3)cc1Cl. The highest BCUT2D eigenvalue weighted by Gasteiger charge is 2.43. The summed E-state index contributed by atoms with van der Waals surface area (Å²) in [5, 5.41) is 13.2. The van der Waals surface area contributed by atoms with E-state index in [-0.39, 0.29) is 35.2 Å². The maximum atomic E-state index is 13.3. The van der Waals surface area contributed by atoms with Crippen LogP contribution in [0.4, 0.5) is 5.69 Å². The van der Waals surface area contributed by atoms with E-state index in [0.29, 0.717) is 46.2 Å². The van der Waals surface area contributed by atoms with Crippen LogP contribution < -0.4 is 15.8 Å². The monoisotopic (exact) mass is 569 g/mol. The molecule has 0 aromatic heterocycles. The standard InChI is InChI=1S/C27H25BrClN3O4/c1-14-4-6-16(9-19(14)29)32-23(34)13-35-21-7-5-15(28)8-17(21)24-18(12-30)26(31)36-22-11-27(2,3)10-20(33)25(22)24/h4-9,24H,10-11,13,31H2,1-3H3,(H,32,34). The zero-order valence-electron chi connectivity index (χ0n) is 20.1. The molecule has 3 N–H and O–H groups in total. The number of carbonyl (C=O) groups excluding carboxylic acids is 2. The molecule has 1 amide bonds. The molecule has 2 aliphatic rings.